The Hall–Kier alpha value is -1.05. The van der Waals surface area contributed by atoms with Gasteiger partial charge in [-0.2, -0.15) is 0 Å². The molecule has 0 N–H and O–H groups in total. The smallest absolute Gasteiger partial charge is 0.103 e. The van der Waals surface area contributed by atoms with E-state index >= 15 is 0 Å². The van der Waals surface area contributed by atoms with Crippen molar-refractivity contribution in [3.8, 4) is 0 Å². The molecular formula is C15H26N2. The monoisotopic (exact) mass is 234 g/mol. The maximum atomic E-state index is 4.47. The first kappa shape index (κ1) is 14.0. The highest BCUT2D eigenvalue weighted by atomic mass is 15.2. The van der Waals surface area contributed by atoms with Crippen molar-refractivity contribution < 1.29 is 0 Å². The van der Waals surface area contributed by atoms with E-state index in [2.05, 4.69) is 42.8 Å². The molecule has 1 aliphatic carbocycles. The van der Waals surface area contributed by atoms with E-state index in [9.17, 15) is 0 Å². The van der Waals surface area contributed by atoms with Gasteiger partial charge in [0, 0.05) is 32.1 Å². The van der Waals surface area contributed by atoms with E-state index < -0.39 is 0 Å². The van der Waals surface area contributed by atoms with Gasteiger partial charge in [0.05, 0.1) is 0 Å². The Morgan fingerprint density at radius 3 is 2.53 bits per heavy atom. The van der Waals surface area contributed by atoms with E-state index in [-0.39, 0.29) is 0 Å². The minimum atomic E-state index is 1.02. The molecule has 0 amide bonds. The third-order valence-electron chi connectivity index (χ3n) is 3.36. The fraction of sp³-hybridized carbons (Fsp3) is 0.667. The van der Waals surface area contributed by atoms with Gasteiger partial charge < -0.3 is 4.90 Å². The fourth-order valence-electron chi connectivity index (χ4n) is 2.25. The van der Waals surface area contributed by atoms with Gasteiger partial charge in [-0.1, -0.05) is 31.9 Å². The predicted octanol–water partition coefficient (Wildman–Crippen LogP) is 4.15. The van der Waals surface area contributed by atoms with Crippen molar-refractivity contribution >= 4 is 5.84 Å². The number of amidine groups is 1. The van der Waals surface area contributed by atoms with Gasteiger partial charge in [0.25, 0.3) is 0 Å². The molecule has 1 aliphatic rings. The number of allylic oxidation sites excluding steroid dienone is 3. The summed E-state index contributed by atoms with van der Waals surface area (Å²) in [5.74, 6) is 1.24. The zero-order chi connectivity index (χ0) is 12.7. The van der Waals surface area contributed by atoms with Crippen LogP contribution in [0.5, 0.6) is 0 Å². The van der Waals surface area contributed by atoms with E-state index in [1.807, 2.05) is 7.05 Å². The van der Waals surface area contributed by atoms with Crippen LogP contribution in [0.25, 0.3) is 0 Å². The molecule has 0 aliphatic heterocycles. The van der Waals surface area contributed by atoms with Crippen LogP contribution in [-0.2, 0) is 0 Å². The van der Waals surface area contributed by atoms with Crippen LogP contribution in [0.3, 0.4) is 0 Å². The van der Waals surface area contributed by atoms with Crippen LogP contribution in [0.1, 0.15) is 52.9 Å². The molecule has 0 bridgehead atoms. The van der Waals surface area contributed by atoms with E-state index in [4.69, 9.17) is 0 Å². The van der Waals surface area contributed by atoms with E-state index in [0.717, 1.165) is 25.8 Å². The first-order valence-electron chi connectivity index (χ1n) is 6.88. The quantitative estimate of drug-likeness (QED) is 0.498. The summed E-state index contributed by atoms with van der Waals surface area (Å²) in [6, 6.07) is 0. The predicted molar refractivity (Wildman–Crippen MR) is 76.3 cm³/mol. The summed E-state index contributed by atoms with van der Waals surface area (Å²) >= 11 is 0. The molecule has 1 rings (SSSR count). The van der Waals surface area contributed by atoms with E-state index in [1.54, 1.807) is 0 Å². The number of hydrogen-bond acceptors (Lipinski definition) is 1. The molecular weight excluding hydrogens is 208 g/mol. The molecule has 0 radical (unpaired) electrons. The average Bonchev–Trinajstić information content (AvgIpc) is 2.82. The summed E-state index contributed by atoms with van der Waals surface area (Å²) in [5.41, 5.74) is 2.95. The van der Waals surface area contributed by atoms with Crippen LogP contribution in [0.15, 0.2) is 28.4 Å². The van der Waals surface area contributed by atoms with Crippen LogP contribution in [-0.4, -0.2) is 24.3 Å². The molecule has 0 heterocycles. The van der Waals surface area contributed by atoms with Gasteiger partial charge in [0.1, 0.15) is 5.84 Å². The Morgan fingerprint density at radius 1 is 1.29 bits per heavy atom. The van der Waals surface area contributed by atoms with Crippen LogP contribution >= 0.6 is 0 Å². The lowest BCUT2D eigenvalue weighted by atomic mass is 10.1. The zero-order valence-electron chi connectivity index (χ0n) is 11.8. The Morgan fingerprint density at radius 2 is 2.06 bits per heavy atom. The fourth-order valence-corrected chi connectivity index (χ4v) is 2.25. The normalized spacial score (nSPS) is 15.9. The maximum absolute atomic E-state index is 4.47. The Balaban J connectivity index is 2.66. The number of nitrogens with zero attached hydrogens (tertiary/aromatic N) is 2. The van der Waals surface area contributed by atoms with Gasteiger partial charge >= 0.3 is 0 Å². The lowest BCUT2D eigenvalue weighted by Gasteiger charge is -2.26. The second-order valence-electron chi connectivity index (χ2n) is 4.50. The highest BCUT2D eigenvalue weighted by molar-refractivity contribution is 5.84. The Labute approximate surface area is 106 Å². The summed E-state index contributed by atoms with van der Waals surface area (Å²) < 4.78 is 0. The van der Waals surface area contributed by atoms with E-state index in [1.165, 1.54) is 29.9 Å². The van der Waals surface area contributed by atoms with Crippen LogP contribution in [0.2, 0.25) is 0 Å². The minimum Gasteiger partial charge on any atom is -0.334 e. The van der Waals surface area contributed by atoms with Crippen molar-refractivity contribution in [2.75, 3.05) is 13.6 Å². The van der Waals surface area contributed by atoms with Gasteiger partial charge in [-0.3, -0.25) is 4.99 Å². The molecule has 0 aromatic carbocycles. The number of rotatable bonds is 6. The maximum Gasteiger partial charge on any atom is 0.103 e. The molecule has 96 valence electrons. The molecule has 0 saturated carbocycles. The molecule has 0 saturated heterocycles. The Bertz CT molecular complexity index is 322. The van der Waals surface area contributed by atoms with Crippen LogP contribution in [0.4, 0.5) is 0 Å². The molecule has 0 unspecified atom stereocenters. The number of unbranched alkanes of at least 4 members (excludes halogenated alkanes) is 1. The van der Waals surface area contributed by atoms with E-state index in [0.29, 0.717) is 0 Å². The van der Waals surface area contributed by atoms with Crippen molar-refractivity contribution in [3.05, 3.63) is 23.4 Å². The zero-order valence-corrected chi connectivity index (χ0v) is 11.8. The summed E-state index contributed by atoms with van der Waals surface area (Å²) in [4.78, 5) is 6.85. The highest BCUT2D eigenvalue weighted by Gasteiger charge is 2.16. The average molecular weight is 234 g/mol. The third-order valence-corrected chi connectivity index (χ3v) is 3.36. The van der Waals surface area contributed by atoms with Gasteiger partial charge in [0.15, 0.2) is 0 Å². The highest BCUT2D eigenvalue weighted by Crippen LogP contribution is 2.25. The lowest BCUT2D eigenvalue weighted by Crippen LogP contribution is -2.29. The van der Waals surface area contributed by atoms with Gasteiger partial charge in [0.2, 0.25) is 0 Å². The standard InChI is InChI=1S/C15H26N2/c1-5-8-9-15(16-4)17(7-3)14-11-10-13(6-2)12-14/h10-11H,5-9,12H2,1-4H3/b16-15+. The second kappa shape index (κ2) is 7.31. The molecule has 0 aromatic rings. The molecule has 0 aromatic heterocycles. The molecule has 0 spiro atoms. The SMILES string of the molecule is CCCC/C(=N\C)N(CC)C1=CC=C(CC)C1. The first-order chi connectivity index (χ1) is 8.26. The molecule has 0 atom stereocenters. The topological polar surface area (TPSA) is 15.6 Å². The summed E-state index contributed by atoms with van der Waals surface area (Å²) in [6.45, 7) is 7.69. The second-order valence-corrected chi connectivity index (χ2v) is 4.50. The number of aliphatic imine (C=N–C) groups is 1. The molecule has 0 fully saturated rings. The van der Waals surface area contributed by atoms with Gasteiger partial charge in [-0.15, -0.1) is 0 Å². The molecule has 17 heavy (non-hydrogen) atoms. The largest absolute Gasteiger partial charge is 0.334 e. The van der Waals surface area contributed by atoms with Crippen LogP contribution < -0.4 is 0 Å². The summed E-state index contributed by atoms with van der Waals surface area (Å²) in [7, 11) is 1.91. The van der Waals surface area contributed by atoms with Crippen molar-refractivity contribution in [1.82, 2.24) is 4.90 Å². The summed E-state index contributed by atoms with van der Waals surface area (Å²) in [6.07, 6.45) is 10.4. The lowest BCUT2D eigenvalue weighted by molar-refractivity contribution is 0.511. The summed E-state index contributed by atoms with van der Waals surface area (Å²) in [5, 5.41) is 0. The molecule has 2 nitrogen and oxygen atoms in total. The third kappa shape index (κ3) is 3.72. The number of hydrogen-bond donors (Lipinski definition) is 0. The minimum absolute atomic E-state index is 1.02. The van der Waals surface area contributed by atoms with Crippen molar-refractivity contribution in [1.29, 1.82) is 0 Å². The molecule has 2 heteroatoms. The Kier molecular flexibility index (Phi) is 6.03. The van der Waals surface area contributed by atoms with Crippen LogP contribution in [0, 0.1) is 0 Å². The van der Waals surface area contributed by atoms with Gasteiger partial charge in [-0.25, -0.2) is 0 Å². The first-order valence-corrected chi connectivity index (χ1v) is 6.88. The van der Waals surface area contributed by atoms with Crippen molar-refractivity contribution in [3.63, 3.8) is 0 Å². The van der Waals surface area contributed by atoms with Gasteiger partial charge in [-0.05, 0) is 25.8 Å². The van der Waals surface area contributed by atoms with Crippen molar-refractivity contribution in [2.24, 2.45) is 4.99 Å². The van der Waals surface area contributed by atoms with Crippen molar-refractivity contribution in [2.45, 2.75) is 52.9 Å².